The van der Waals surface area contributed by atoms with E-state index < -0.39 is 0 Å². The van der Waals surface area contributed by atoms with Gasteiger partial charge in [0.2, 0.25) is 5.91 Å². The molecule has 0 saturated carbocycles. The minimum absolute atomic E-state index is 0.0331. The van der Waals surface area contributed by atoms with E-state index in [-0.39, 0.29) is 24.2 Å². The molecule has 1 aromatic carbocycles. The zero-order valence-electron chi connectivity index (χ0n) is 9.73. The molecule has 1 amide bonds. The molecule has 0 aromatic heterocycles. The van der Waals surface area contributed by atoms with Crippen LogP contribution in [0.2, 0.25) is 0 Å². The van der Waals surface area contributed by atoms with Crippen LogP contribution in [0.15, 0.2) is 24.3 Å². The quantitative estimate of drug-likeness (QED) is 0.841. The molecule has 1 fully saturated rings. The number of carbonyl (C=O) groups is 1. The van der Waals surface area contributed by atoms with Gasteiger partial charge in [0.15, 0.2) is 0 Å². The minimum atomic E-state index is -0.300. The summed E-state index contributed by atoms with van der Waals surface area (Å²) in [6.07, 6.45) is 2.18. The number of amides is 1. The fourth-order valence-corrected chi connectivity index (χ4v) is 2.17. The van der Waals surface area contributed by atoms with Crippen molar-refractivity contribution in [2.75, 3.05) is 13.1 Å². The summed E-state index contributed by atoms with van der Waals surface area (Å²) in [4.78, 5) is 13.7. The average molecular weight is 236 g/mol. The highest BCUT2D eigenvalue weighted by Gasteiger charge is 2.21. The summed E-state index contributed by atoms with van der Waals surface area (Å²) in [6, 6.07) is 6.26. The molecular weight excluding hydrogens is 219 g/mol. The summed E-state index contributed by atoms with van der Waals surface area (Å²) in [5, 5.41) is 0. The summed E-state index contributed by atoms with van der Waals surface area (Å²) in [6.45, 7) is 1.38. The molecule has 17 heavy (non-hydrogen) atoms. The maximum absolute atomic E-state index is 13.0. The van der Waals surface area contributed by atoms with Crippen LogP contribution in [0.25, 0.3) is 0 Å². The van der Waals surface area contributed by atoms with E-state index in [1.165, 1.54) is 12.1 Å². The molecule has 1 aliphatic rings. The van der Waals surface area contributed by atoms with E-state index in [2.05, 4.69) is 0 Å². The fraction of sp³-hybridized carbons (Fsp3) is 0.462. The molecule has 1 heterocycles. The molecule has 92 valence electrons. The molecule has 0 spiro atoms. The number of benzene rings is 1. The van der Waals surface area contributed by atoms with Crippen molar-refractivity contribution in [1.29, 1.82) is 0 Å². The number of rotatable bonds is 2. The second-order valence-corrected chi connectivity index (χ2v) is 4.55. The van der Waals surface area contributed by atoms with Gasteiger partial charge < -0.3 is 10.6 Å². The Morgan fingerprint density at radius 2 is 2.35 bits per heavy atom. The molecule has 1 aliphatic heterocycles. The van der Waals surface area contributed by atoms with Gasteiger partial charge in [-0.3, -0.25) is 4.79 Å². The van der Waals surface area contributed by atoms with Crippen LogP contribution >= 0.6 is 0 Å². The van der Waals surface area contributed by atoms with Crippen LogP contribution in [0.4, 0.5) is 4.39 Å². The topological polar surface area (TPSA) is 46.3 Å². The van der Waals surface area contributed by atoms with Crippen LogP contribution in [0.3, 0.4) is 0 Å². The minimum Gasteiger partial charge on any atom is -0.341 e. The molecule has 3 nitrogen and oxygen atoms in total. The zero-order chi connectivity index (χ0) is 12.3. The number of nitrogens with two attached hydrogens (primary N) is 1. The average Bonchev–Trinajstić information content (AvgIpc) is 2.29. The van der Waals surface area contributed by atoms with Gasteiger partial charge in [-0.05, 0) is 30.5 Å². The normalized spacial score (nSPS) is 20.4. The van der Waals surface area contributed by atoms with Crippen molar-refractivity contribution in [2.45, 2.75) is 25.3 Å². The lowest BCUT2D eigenvalue weighted by atomic mass is 10.1. The van der Waals surface area contributed by atoms with Crippen LogP contribution in [-0.4, -0.2) is 29.9 Å². The van der Waals surface area contributed by atoms with Gasteiger partial charge in [-0.15, -0.1) is 0 Å². The fourth-order valence-electron chi connectivity index (χ4n) is 2.17. The van der Waals surface area contributed by atoms with Crippen molar-refractivity contribution in [3.8, 4) is 0 Å². The summed E-state index contributed by atoms with van der Waals surface area (Å²) < 4.78 is 13.0. The molecule has 1 unspecified atom stereocenters. The maximum atomic E-state index is 13.0. The summed E-state index contributed by atoms with van der Waals surface area (Å²) in [7, 11) is 0. The Balaban J connectivity index is 1.96. The van der Waals surface area contributed by atoms with E-state index >= 15 is 0 Å². The van der Waals surface area contributed by atoms with E-state index in [4.69, 9.17) is 5.73 Å². The zero-order valence-corrected chi connectivity index (χ0v) is 9.73. The van der Waals surface area contributed by atoms with Crippen molar-refractivity contribution >= 4 is 5.91 Å². The van der Waals surface area contributed by atoms with E-state index in [1.54, 1.807) is 17.0 Å². The van der Waals surface area contributed by atoms with Crippen LogP contribution in [-0.2, 0) is 11.2 Å². The van der Waals surface area contributed by atoms with Gasteiger partial charge in [-0.2, -0.15) is 0 Å². The van der Waals surface area contributed by atoms with E-state index in [1.807, 2.05) is 0 Å². The monoisotopic (exact) mass is 236 g/mol. The SMILES string of the molecule is NC1CCCN(C(=O)Cc2cccc(F)c2)C1. The highest BCUT2D eigenvalue weighted by atomic mass is 19.1. The number of hydrogen-bond acceptors (Lipinski definition) is 2. The van der Waals surface area contributed by atoms with Gasteiger partial charge in [-0.25, -0.2) is 4.39 Å². The highest BCUT2D eigenvalue weighted by Crippen LogP contribution is 2.11. The number of carbonyl (C=O) groups excluding carboxylic acids is 1. The molecule has 2 rings (SSSR count). The van der Waals surface area contributed by atoms with Crippen LogP contribution < -0.4 is 5.73 Å². The van der Waals surface area contributed by atoms with Crippen molar-refractivity contribution in [1.82, 2.24) is 4.90 Å². The molecular formula is C13H17FN2O. The predicted molar refractivity (Wildman–Crippen MR) is 63.9 cm³/mol. The number of nitrogens with zero attached hydrogens (tertiary/aromatic N) is 1. The van der Waals surface area contributed by atoms with Crippen molar-refractivity contribution in [3.05, 3.63) is 35.6 Å². The van der Waals surface area contributed by atoms with Gasteiger partial charge in [0.25, 0.3) is 0 Å². The number of hydrogen-bond donors (Lipinski definition) is 1. The summed E-state index contributed by atoms with van der Waals surface area (Å²) >= 11 is 0. The Labute approximate surface area is 100 Å². The van der Waals surface area contributed by atoms with Gasteiger partial charge >= 0.3 is 0 Å². The Hall–Kier alpha value is -1.42. The van der Waals surface area contributed by atoms with Crippen LogP contribution in [0.1, 0.15) is 18.4 Å². The summed E-state index contributed by atoms with van der Waals surface area (Å²) in [5.74, 6) is -0.267. The largest absolute Gasteiger partial charge is 0.341 e. The third-order valence-electron chi connectivity index (χ3n) is 3.05. The van der Waals surface area contributed by atoms with E-state index in [0.717, 1.165) is 19.4 Å². The van der Waals surface area contributed by atoms with Gasteiger partial charge in [0.1, 0.15) is 5.82 Å². The molecule has 1 saturated heterocycles. The molecule has 2 N–H and O–H groups in total. The molecule has 0 bridgehead atoms. The third-order valence-corrected chi connectivity index (χ3v) is 3.05. The molecule has 0 radical (unpaired) electrons. The van der Waals surface area contributed by atoms with Crippen molar-refractivity contribution < 1.29 is 9.18 Å². The number of likely N-dealkylation sites (tertiary alicyclic amines) is 1. The van der Waals surface area contributed by atoms with E-state index in [0.29, 0.717) is 12.1 Å². The highest BCUT2D eigenvalue weighted by molar-refractivity contribution is 5.78. The summed E-state index contributed by atoms with van der Waals surface area (Å²) in [5.41, 5.74) is 6.54. The smallest absolute Gasteiger partial charge is 0.227 e. The molecule has 4 heteroatoms. The van der Waals surface area contributed by atoms with Crippen LogP contribution in [0, 0.1) is 5.82 Å². The molecule has 1 aromatic rings. The first-order valence-electron chi connectivity index (χ1n) is 5.93. The maximum Gasteiger partial charge on any atom is 0.227 e. The first-order chi connectivity index (χ1) is 8.15. The van der Waals surface area contributed by atoms with Gasteiger partial charge in [0.05, 0.1) is 6.42 Å². The first-order valence-corrected chi connectivity index (χ1v) is 5.93. The Morgan fingerprint density at radius 1 is 1.53 bits per heavy atom. The first kappa shape index (κ1) is 12.0. The van der Waals surface area contributed by atoms with Crippen molar-refractivity contribution in [3.63, 3.8) is 0 Å². The number of halogens is 1. The van der Waals surface area contributed by atoms with Gasteiger partial charge in [-0.1, -0.05) is 12.1 Å². The van der Waals surface area contributed by atoms with Crippen LogP contribution in [0.5, 0.6) is 0 Å². The Morgan fingerprint density at radius 3 is 3.06 bits per heavy atom. The molecule has 1 atom stereocenters. The van der Waals surface area contributed by atoms with E-state index in [9.17, 15) is 9.18 Å². The van der Waals surface area contributed by atoms with Gasteiger partial charge in [0, 0.05) is 19.1 Å². The lowest BCUT2D eigenvalue weighted by molar-refractivity contribution is -0.131. The third kappa shape index (κ3) is 3.27. The second-order valence-electron chi connectivity index (χ2n) is 4.55. The Bertz CT molecular complexity index is 408. The predicted octanol–water partition coefficient (Wildman–Crippen LogP) is 1.32. The lowest BCUT2D eigenvalue weighted by Gasteiger charge is -2.30. The van der Waals surface area contributed by atoms with Crippen molar-refractivity contribution in [2.24, 2.45) is 5.73 Å². The Kier molecular flexibility index (Phi) is 3.74. The second kappa shape index (κ2) is 5.27. The molecule has 0 aliphatic carbocycles. The standard InChI is InChI=1S/C13H17FN2O/c14-11-4-1-3-10(7-11)8-13(17)16-6-2-5-12(15)9-16/h1,3-4,7,12H,2,5-6,8-9,15H2. The lowest BCUT2D eigenvalue weighted by Crippen LogP contribution is -2.46. The number of piperidine rings is 1.